The average Bonchev–Trinajstić information content (AvgIpc) is 2.75. The van der Waals surface area contributed by atoms with E-state index >= 15 is 0 Å². The van der Waals surface area contributed by atoms with Crippen molar-refractivity contribution in [3.8, 4) is 0 Å². The van der Waals surface area contributed by atoms with Crippen molar-refractivity contribution in [3.05, 3.63) is 50.4 Å². The molecule has 0 fully saturated rings. The molecule has 0 unspecified atom stereocenters. The summed E-state index contributed by atoms with van der Waals surface area (Å²) < 4.78 is 14.5. The first kappa shape index (κ1) is 14.0. The van der Waals surface area contributed by atoms with Crippen LogP contribution in [0.5, 0.6) is 0 Å². The molecule has 0 aliphatic heterocycles. The van der Waals surface area contributed by atoms with Crippen LogP contribution in [0.1, 0.15) is 15.2 Å². The Bertz CT molecular complexity index is 600. The Morgan fingerprint density at radius 3 is 2.74 bits per heavy atom. The SMILES string of the molecule is O=C(O)c1ccc(NCCc2ccc(Br)s2)cc1F. The zero-order valence-corrected chi connectivity index (χ0v) is 12.2. The van der Waals surface area contributed by atoms with E-state index in [-0.39, 0.29) is 5.56 Å². The van der Waals surface area contributed by atoms with Crippen LogP contribution >= 0.6 is 27.3 Å². The summed E-state index contributed by atoms with van der Waals surface area (Å²) in [4.78, 5) is 11.9. The summed E-state index contributed by atoms with van der Waals surface area (Å²) in [5.41, 5.74) is 0.269. The largest absolute Gasteiger partial charge is 0.478 e. The zero-order valence-electron chi connectivity index (χ0n) is 9.82. The Labute approximate surface area is 122 Å². The third-order valence-electron chi connectivity index (χ3n) is 2.53. The molecule has 0 aliphatic rings. The second-order valence-corrected chi connectivity index (χ2v) is 6.43. The molecule has 6 heteroatoms. The molecule has 2 N–H and O–H groups in total. The van der Waals surface area contributed by atoms with E-state index in [0.717, 1.165) is 10.2 Å². The predicted octanol–water partition coefficient (Wildman–Crippen LogP) is 4.00. The summed E-state index contributed by atoms with van der Waals surface area (Å²) in [7, 11) is 0. The van der Waals surface area contributed by atoms with Crippen molar-refractivity contribution in [3.63, 3.8) is 0 Å². The molecule has 100 valence electrons. The molecule has 2 rings (SSSR count). The van der Waals surface area contributed by atoms with Crippen molar-refractivity contribution in [1.29, 1.82) is 0 Å². The van der Waals surface area contributed by atoms with Gasteiger partial charge in [0.15, 0.2) is 0 Å². The topological polar surface area (TPSA) is 49.3 Å². The van der Waals surface area contributed by atoms with Gasteiger partial charge in [-0.1, -0.05) is 0 Å². The molecule has 0 saturated heterocycles. The molecule has 0 radical (unpaired) electrons. The van der Waals surface area contributed by atoms with E-state index in [0.29, 0.717) is 12.2 Å². The lowest BCUT2D eigenvalue weighted by atomic mass is 10.2. The van der Waals surface area contributed by atoms with Crippen molar-refractivity contribution in [2.75, 3.05) is 11.9 Å². The van der Waals surface area contributed by atoms with Crippen LogP contribution < -0.4 is 5.32 Å². The molecule has 0 spiro atoms. The Morgan fingerprint density at radius 2 is 2.16 bits per heavy atom. The van der Waals surface area contributed by atoms with Crippen molar-refractivity contribution in [1.82, 2.24) is 0 Å². The van der Waals surface area contributed by atoms with Crippen molar-refractivity contribution < 1.29 is 14.3 Å². The van der Waals surface area contributed by atoms with E-state index in [1.807, 2.05) is 12.1 Å². The molecule has 1 heterocycles. The number of benzene rings is 1. The second kappa shape index (κ2) is 6.16. The number of anilines is 1. The summed E-state index contributed by atoms with van der Waals surface area (Å²) in [5, 5.41) is 11.8. The number of halogens is 2. The van der Waals surface area contributed by atoms with Crippen LogP contribution in [0.15, 0.2) is 34.1 Å². The minimum absolute atomic E-state index is 0.312. The summed E-state index contributed by atoms with van der Waals surface area (Å²) in [6.45, 7) is 0.665. The first-order valence-electron chi connectivity index (χ1n) is 5.57. The smallest absolute Gasteiger partial charge is 0.338 e. The Balaban J connectivity index is 1.93. The van der Waals surface area contributed by atoms with Gasteiger partial charge in [0.1, 0.15) is 5.82 Å². The Hall–Kier alpha value is -1.40. The molecule has 0 amide bonds. The maximum atomic E-state index is 13.4. The fraction of sp³-hybridized carbons (Fsp3) is 0.154. The molecular weight excluding hydrogens is 333 g/mol. The lowest BCUT2D eigenvalue weighted by Crippen LogP contribution is -2.06. The van der Waals surface area contributed by atoms with Gasteiger partial charge in [0, 0.05) is 17.1 Å². The molecule has 19 heavy (non-hydrogen) atoms. The van der Waals surface area contributed by atoms with E-state index < -0.39 is 11.8 Å². The molecule has 0 aliphatic carbocycles. The van der Waals surface area contributed by atoms with Gasteiger partial charge in [-0.2, -0.15) is 0 Å². The fourth-order valence-electron chi connectivity index (χ4n) is 1.61. The standard InChI is InChI=1S/C13H11BrFNO2S/c14-12-4-2-9(19-12)5-6-16-8-1-3-10(13(17)18)11(15)7-8/h1-4,7,16H,5-6H2,(H,17,18). The number of nitrogens with one attached hydrogen (secondary N) is 1. The molecule has 0 bridgehead atoms. The number of hydrogen-bond donors (Lipinski definition) is 2. The molecular formula is C13H11BrFNO2S. The van der Waals surface area contributed by atoms with Crippen LogP contribution in [0.4, 0.5) is 10.1 Å². The third kappa shape index (κ3) is 3.78. The van der Waals surface area contributed by atoms with E-state index in [2.05, 4.69) is 21.2 Å². The molecule has 2 aromatic rings. The summed E-state index contributed by atoms with van der Waals surface area (Å²) in [6, 6.07) is 8.05. The van der Waals surface area contributed by atoms with Crippen LogP contribution in [-0.4, -0.2) is 17.6 Å². The number of thiophene rings is 1. The van der Waals surface area contributed by atoms with Crippen LogP contribution in [0, 0.1) is 5.82 Å². The van der Waals surface area contributed by atoms with E-state index in [1.165, 1.54) is 17.0 Å². The van der Waals surface area contributed by atoms with Gasteiger partial charge in [-0.3, -0.25) is 0 Å². The van der Waals surface area contributed by atoms with Crippen LogP contribution in [0.25, 0.3) is 0 Å². The molecule has 0 saturated carbocycles. The predicted molar refractivity (Wildman–Crippen MR) is 77.6 cm³/mol. The quantitative estimate of drug-likeness (QED) is 0.862. The number of carbonyl (C=O) groups is 1. The molecule has 0 atom stereocenters. The number of hydrogen-bond acceptors (Lipinski definition) is 3. The van der Waals surface area contributed by atoms with Crippen LogP contribution in [0.2, 0.25) is 0 Å². The van der Waals surface area contributed by atoms with Gasteiger partial charge in [0.2, 0.25) is 0 Å². The van der Waals surface area contributed by atoms with Gasteiger partial charge in [0.25, 0.3) is 0 Å². The van der Waals surface area contributed by atoms with Crippen molar-refractivity contribution in [2.24, 2.45) is 0 Å². The highest BCUT2D eigenvalue weighted by Gasteiger charge is 2.10. The van der Waals surface area contributed by atoms with Gasteiger partial charge in [-0.25, -0.2) is 9.18 Å². The number of rotatable bonds is 5. The van der Waals surface area contributed by atoms with E-state index in [9.17, 15) is 9.18 Å². The summed E-state index contributed by atoms with van der Waals surface area (Å²) >= 11 is 5.05. The maximum absolute atomic E-state index is 13.4. The van der Waals surface area contributed by atoms with E-state index in [1.54, 1.807) is 17.4 Å². The number of carboxylic acids is 1. The summed E-state index contributed by atoms with van der Waals surface area (Å²) in [6.07, 6.45) is 0.832. The second-order valence-electron chi connectivity index (χ2n) is 3.88. The van der Waals surface area contributed by atoms with Crippen LogP contribution in [-0.2, 0) is 6.42 Å². The highest BCUT2D eigenvalue weighted by atomic mass is 79.9. The lowest BCUT2D eigenvalue weighted by molar-refractivity contribution is 0.0692. The highest BCUT2D eigenvalue weighted by Crippen LogP contribution is 2.22. The first-order chi connectivity index (χ1) is 9.06. The normalized spacial score (nSPS) is 10.4. The van der Waals surface area contributed by atoms with Gasteiger partial charge in [0.05, 0.1) is 9.35 Å². The van der Waals surface area contributed by atoms with Crippen LogP contribution in [0.3, 0.4) is 0 Å². The maximum Gasteiger partial charge on any atom is 0.338 e. The van der Waals surface area contributed by atoms with Gasteiger partial charge in [-0.15, -0.1) is 11.3 Å². The van der Waals surface area contributed by atoms with Crippen molar-refractivity contribution >= 4 is 38.9 Å². The number of carboxylic acid groups (broad SMARTS) is 1. The minimum Gasteiger partial charge on any atom is -0.478 e. The van der Waals surface area contributed by atoms with E-state index in [4.69, 9.17) is 5.11 Å². The fourth-order valence-corrected chi connectivity index (χ4v) is 3.10. The molecule has 1 aromatic heterocycles. The Morgan fingerprint density at radius 1 is 1.37 bits per heavy atom. The number of aromatic carboxylic acids is 1. The first-order valence-corrected chi connectivity index (χ1v) is 7.18. The zero-order chi connectivity index (χ0) is 13.8. The average molecular weight is 344 g/mol. The molecule has 3 nitrogen and oxygen atoms in total. The van der Waals surface area contributed by atoms with Gasteiger partial charge in [-0.05, 0) is 52.7 Å². The third-order valence-corrected chi connectivity index (χ3v) is 4.21. The van der Waals surface area contributed by atoms with Crippen molar-refractivity contribution in [2.45, 2.75) is 6.42 Å². The van der Waals surface area contributed by atoms with Gasteiger partial charge < -0.3 is 10.4 Å². The Kier molecular flexibility index (Phi) is 4.55. The minimum atomic E-state index is -1.26. The highest BCUT2D eigenvalue weighted by molar-refractivity contribution is 9.11. The monoisotopic (exact) mass is 343 g/mol. The summed E-state index contributed by atoms with van der Waals surface area (Å²) in [5.74, 6) is -1.98. The molecule has 1 aromatic carbocycles. The van der Waals surface area contributed by atoms with Gasteiger partial charge >= 0.3 is 5.97 Å². The lowest BCUT2D eigenvalue weighted by Gasteiger charge is -2.06.